The smallest absolute Gasteiger partial charge is 0.247 e. The van der Waals surface area contributed by atoms with Gasteiger partial charge in [0.1, 0.15) is 0 Å². The molecule has 1 fully saturated rings. The maximum atomic E-state index is 5.90. The molecule has 0 aliphatic carbocycles. The monoisotopic (exact) mass is 406 g/mol. The van der Waals surface area contributed by atoms with E-state index in [4.69, 9.17) is 13.9 Å². The normalized spacial score (nSPS) is 17.8. The molecular weight excluding hydrogens is 380 g/mol. The van der Waals surface area contributed by atoms with Gasteiger partial charge in [-0.3, -0.25) is 0 Å². The zero-order valence-corrected chi connectivity index (χ0v) is 17.4. The van der Waals surface area contributed by atoms with Crippen molar-refractivity contribution in [2.24, 2.45) is 0 Å². The van der Waals surface area contributed by atoms with Crippen molar-refractivity contribution in [3.05, 3.63) is 53.9 Å². The third kappa shape index (κ3) is 3.85. The Morgan fingerprint density at radius 2 is 1.83 bits per heavy atom. The molecule has 0 amide bonds. The van der Waals surface area contributed by atoms with E-state index in [1.807, 2.05) is 18.2 Å². The minimum atomic E-state index is 0.290. The fraction of sp³-hybridized carbons (Fsp3) is 0.391. The molecule has 3 aromatic rings. The Morgan fingerprint density at radius 1 is 1.00 bits per heavy atom. The molecule has 0 radical (unpaired) electrons. The largest absolute Gasteiger partial charge is 0.454 e. The van der Waals surface area contributed by atoms with Crippen molar-refractivity contribution >= 4 is 5.69 Å². The topological polar surface area (TPSA) is 63.9 Å². The Labute approximate surface area is 176 Å². The van der Waals surface area contributed by atoms with Gasteiger partial charge in [-0.05, 0) is 68.9 Å². The van der Waals surface area contributed by atoms with Crippen LogP contribution in [0.5, 0.6) is 11.5 Å². The van der Waals surface area contributed by atoms with E-state index in [9.17, 15) is 0 Å². The number of rotatable bonds is 6. The van der Waals surface area contributed by atoms with Crippen LogP contribution in [0.2, 0.25) is 0 Å². The zero-order chi connectivity index (χ0) is 20.5. The molecule has 0 spiro atoms. The summed E-state index contributed by atoms with van der Waals surface area (Å²) in [7, 11) is 4.30. The fourth-order valence-corrected chi connectivity index (χ4v) is 4.03. The molecule has 2 aliphatic heterocycles. The minimum Gasteiger partial charge on any atom is -0.454 e. The van der Waals surface area contributed by atoms with Gasteiger partial charge in [-0.15, -0.1) is 10.2 Å². The summed E-state index contributed by atoms with van der Waals surface area (Å²) in [5, 5.41) is 8.46. The Kier molecular flexibility index (Phi) is 5.04. The van der Waals surface area contributed by atoms with Crippen molar-refractivity contribution < 1.29 is 13.9 Å². The lowest BCUT2D eigenvalue weighted by molar-refractivity contribution is 0.174. The summed E-state index contributed by atoms with van der Waals surface area (Å²) >= 11 is 0. The van der Waals surface area contributed by atoms with Crippen LogP contribution in [0.1, 0.15) is 17.9 Å². The first kappa shape index (κ1) is 18.9. The van der Waals surface area contributed by atoms with Crippen LogP contribution in [0.25, 0.3) is 11.5 Å². The Bertz CT molecular complexity index is 1020. The number of fused-ring (bicyclic) bond motifs is 1. The number of hydrogen-bond donors (Lipinski definition) is 0. The minimum absolute atomic E-state index is 0.290. The first-order valence-electron chi connectivity index (χ1n) is 10.4. The Hall–Kier alpha value is -3.06. The van der Waals surface area contributed by atoms with Crippen molar-refractivity contribution in [1.82, 2.24) is 15.1 Å². The molecule has 30 heavy (non-hydrogen) atoms. The lowest BCUT2D eigenvalue weighted by Crippen LogP contribution is -2.31. The number of likely N-dealkylation sites (N-methyl/N-ethyl adjacent to an activating group) is 1. The van der Waals surface area contributed by atoms with E-state index in [0.717, 1.165) is 42.1 Å². The van der Waals surface area contributed by atoms with Gasteiger partial charge in [-0.2, -0.15) is 0 Å². The average molecular weight is 406 g/mol. The van der Waals surface area contributed by atoms with Gasteiger partial charge in [0.05, 0.1) is 0 Å². The molecule has 7 nitrogen and oxygen atoms in total. The average Bonchev–Trinajstić information content (AvgIpc) is 3.52. The fourth-order valence-electron chi connectivity index (χ4n) is 4.03. The predicted octanol–water partition coefficient (Wildman–Crippen LogP) is 3.39. The summed E-state index contributed by atoms with van der Waals surface area (Å²) in [6.45, 7) is 2.45. The molecule has 0 N–H and O–H groups in total. The molecule has 5 rings (SSSR count). The number of aryl methyl sites for hydroxylation is 2. The summed E-state index contributed by atoms with van der Waals surface area (Å²) in [4.78, 5) is 4.73. The van der Waals surface area contributed by atoms with Crippen LogP contribution >= 0.6 is 0 Å². The Balaban J connectivity index is 1.21. The molecule has 3 heterocycles. The SMILES string of the molecule is CN(C)C1CCN(c2ccc(-c3nnc(CCc4ccc5c(c4)OCO5)o3)cc2)C1. The maximum absolute atomic E-state index is 5.90. The van der Waals surface area contributed by atoms with Gasteiger partial charge in [0.25, 0.3) is 0 Å². The van der Waals surface area contributed by atoms with Crippen LogP contribution < -0.4 is 14.4 Å². The number of nitrogens with zero attached hydrogens (tertiary/aromatic N) is 4. The van der Waals surface area contributed by atoms with Crippen molar-refractivity contribution in [3.63, 3.8) is 0 Å². The predicted molar refractivity (Wildman–Crippen MR) is 114 cm³/mol. The number of hydrogen-bond acceptors (Lipinski definition) is 7. The van der Waals surface area contributed by atoms with Crippen LogP contribution in [-0.2, 0) is 12.8 Å². The van der Waals surface area contributed by atoms with Crippen molar-refractivity contribution in [2.45, 2.75) is 25.3 Å². The molecule has 1 atom stereocenters. The van der Waals surface area contributed by atoms with E-state index in [-0.39, 0.29) is 0 Å². The highest BCUT2D eigenvalue weighted by Gasteiger charge is 2.24. The van der Waals surface area contributed by atoms with Crippen LogP contribution in [0, 0.1) is 0 Å². The molecule has 1 unspecified atom stereocenters. The highest BCUT2D eigenvalue weighted by atomic mass is 16.7. The summed E-state index contributed by atoms with van der Waals surface area (Å²) in [6.07, 6.45) is 2.69. The highest BCUT2D eigenvalue weighted by molar-refractivity contribution is 5.59. The zero-order valence-electron chi connectivity index (χ0n) is 17.4. The number of anilines is 1. The second kappa shape index (κ2) is 7.99. The molecule has 2 aliphatic rings. The quantitative estimate of drug-likeness (QED) is 0.622. The standard InChI is InChI=1S/C23H26N4O3/c1-26(2)19-11-12-27(14-19)18-7-5-17(6-8-18)23-25-24-22(30-23)10-4-16-3-9-20-21(13-16)29-15-28-20/h3,5-9,13,19H,4,10-12,14-15H2,1-2H3. The molecule has 7 heteroatoms. The lowest BCUT2D eigenvalue weighted by Gasteiger charge is -2.21. The van der Waals surface area contributed by atoms with E-state index >= 15 is 0 Å². The van der Waals surface area contributed by atoms with E-state index in [2.05, 4.69) is 58.4 Å². The molecule has 156 valence electrons. The van der Waals surface area contributed by atoms with E-state index in [1.54, 1.807) is 0 Å². The van der Waals surface area contributed by atoms with E-state index < -0.39 is 0 Å². The van der Waals surface area contributed by atoms with Gasteiger partial charge in [0.2, 0.25) is 18.6 Å². The van der Waals surface area contributed by atoms with Gasteiger partial charge in [-0.25, -0.2) is 0 Å². The second-order valence-corrected chi connectivity index (χ2v) is 8.09. The summed E-state index contributed by atoms with van der Waals surface area (Å²) in [6, 6.07) is 15.0. The van der Waals surface area contributed by atoms with Gasteiger partial charge < -0.3 is 23.7 Å². The highest BCUT2D eigenvalue weighted by Crippen LogP contribution is 2.33. The molecular formula is C23H26N4O3. The van der Waals surface area contributed by atoms with Crippen LogP contribution in [-0.4, -0.2) is 55.1 Å². The summed E-state index contributed by atoms with van der Waals surface area (Å²) < 4.78 is 16.7. The third-order valence-electron chi connectivity index (χ3n) is 5.90. The van der Waals surface area contributed by atoms with Gasteiger partial charge in [0, 0.05) is 36.8 Å². The first-order chi connectivity index (χ1) is 14.7. The number of aromatic nitrogens is 2. The molecule has 0 saturated carbocycles. The van der Waals surface area contributed by atoms with E-state index in [0.29, 0.717) is 31.0 Å². The number of benzene rings is 2. The Morgan fingerprint density at radius 3 is 2.63 bits per heavy atom. The van der Waals surface area contributed by atoms with Gasteiger partial charge >= 0.3 is 0 Å². The summed E-state index contributed by atoms with van der Waals surface area (Å²) in [5.74, 6) is 2.80. The van der Waals surface area contributed by atoms with Crippen LogP contribution in [0.3, 0.4) is 0 Å². The van der Waals surface area contributed by atoms with Crippen molar-refractivity contribution in [1.29, 1.82) is 0 Å². The van der Waals surface area contributed by atoms with Gasteiger partial charge in [0.15, 0.2) is 11.5 Å². The van der Waals surface area contributed by atoms with Crippen molar-refractivity contribution in [3.8, 4) is 23.0 Å². The molecule has 2 aromatic carbocycles. The molecule has 1 aromatic heterocycles. The first-order valence-corrected chi connectivity index (χ1v) is 10.4. The summed E-state index contributed by atoms with van der Waals surface area (Å²) in [5.41, 5.74) is 3.35. The molecule has 1 saturated heterocycles. The van der Waals surface area contributed by atoms with Crippen LogP contribution in [0.15, 0.2) is 46.9 Å². The van der Waals surface area contributed by atoms with Crippen LogP contribution in [0.4, 0.5) is 5.69 Å². The maximum Gasteiger partial charge on any atom is 0.247 e. The number of ether oxygens (including phenoxy) is 2. The van der Waals surface area contributed by atoms with Gasteiger partial charge in [-0.1, -0.05) is 6.07 Å². The second-order valence-electron chi connectivity index (χ2n) is 8.09. The lowest BCUT2D eigenvalue weighted by atomic mass is 10.1. The molecule has 0 bridgehead atoms. The third-order valence-corrected chi connectivity index (χ3v) is 5.90. The van der Waals surface area contributed by atoms with Crippen molar-refractivity contribution in [2.75, 3.05) is 38.9 Å². The van der Waals surface area contributed by atoms with E-state index in [1.165, 1.54) is 12.1 Å².